The first-order valence-corrected chi connectivity index (χ1v) is 6.94. The highest BCUT2D eigenvalue weighted by molar-refractivity contribution is 5.28. The molecule has 0 spiro atoms. The first-order valence-electron chi connectivity index (χ1n) is 6.94. The van der Waals surface area contributed by atoms with Crippen molar-refractivity contribution in [2.75, 3.05) is 19.6 Å². The molecule has 2 aliphatic rings. The van der Waals surface area contributed by atoms with E-state index in [0.717, 1.165) is 12.6 Å². The number of nitrogens with one attached hydrogen (secondary N) is 1. The zero-order valence-electron chi connectivity index (χ0n) is 10.5. The van der Waals surface area contributed by atoms with Crippen LogP contribution >= 0.6 is 0 Å². The van der Waals surface area contributed by atoms with Crippen molar-refractivity contribution in [2.45, 2.75) is 38.3 Å². The van der Waals surface area contributed by atoms with Crippen molar-refractivity contribution >= 4 is 0 Å². The number of hydrogen-bond acceptors (Lipinski definition) is 2. The fourth-order valence-corrected chi connectivity index (χ4v) is 3.09. The van der Waals surface area contributed by atoms with Crippen LogP contribution in [0.5, 0.6) is 0 Å². The summed E-state index contributed by atoms with van der Waals surface area (Å²) in [4.78, 5) is 2.61. The lowest BCUT2D eigenvalue weighted by molar-refractivity contribution is 0.241. The Morgan fingerprint density at radius 1 is 1.24 bits per heavy atom. The fourth-order valence-electron chi connectivity index (χ4n) is 3.09. The molecular weight excluding hydrogens is 208 g/mol. The normalized spacial score (nSPS) is 24.8. The number of nitrogens with zero attached hydrogens (tertiary/aromatic N) is 1. The monoisotopic (exact) mass is 230 g/mol. The van der Waals surface area contributed by atoms with Crippen LogP contribution in [0.4, 0.5) is 0 Å². The SMILES string of the molecule is c1ccc2c(c1)CCN(CCC1CCCN1)C2. The summed E-state index contributed by atoms with van der Waals surface area (Å²) in [6, 6.07) is 9.69. The van der Waals surface area contributed by atoms with E-state index < -0.39 is 0 Å². The van der Waals surface area contributed by atoms with Crippen molar-refractivity contribution in [3.05, 3.63) is 35.4 Å². The van der Waals surface area contributed by atoms with Crippen LogP contribution in [-0.4, -0.2) is 30.6 Å². The lowest BCUT2D eigenvalue weighted by Gasteiger charge is -2.29. The Bertz CT molecular complexity index is 369. The molecule has 1 atom stereocenters. The Hall–Kier alpha value is -0.860. The summed E-state index contributed by atoms with van der Waals surface area (Å²) < 4.78 is 0. The molecule has 1 aromatic carbocycles. The first-order chi connectivity index (χ1) is 8.42. The van der Waals surface area contributed by atoms with Crippen LogP contribution < -0.4 is 5.32 Å². The predicted octanol–water partition coefficient (Wildman–Crippen LogP) is 2.19. The molecule has 92 valence electrons. The number of benzene rings is 1. The largest absolute Gasteiger partial charge is 0.314 e. The molecule has 2 heteroatoms. The topological polar surface area (TPSA) is 15.3 Å². The van der Waals surface area contributed by atoms with Gasteiger partial charge in [0.25, 0.3) is 0 Å². The van der Waals surface area contributed by atoms with E-state index in [0.29, 0.717) is 0 Å². The minimum Gasteiger partial charge on any atom is -0.314 e. The van der Waals surface area contributed by atoms with E-state index in [4.69, 9.17) is 0 Å². The van der Waals surface area contributed by atoms with Gasteiger partial charge >= 0.3 is 0 Å². The van der Waals surface area contributed by atoms with Crippen LogP contribution in [0.15, 0.2) is 24.3 Å². The standard InChI is InChI=1S/C15H22N2/c1-2-5-14-12-17(10-7-13(14)4-1)11-8-15-6-3-9-16-15/h1-2,4-5,15-16H,3,6-12H2. The second-order valence-electron chi connectivity index (χ2n) is 5.38. The summed E-state index contributed by atoms with van der Waals surface area (Å²) in [6.45, 7) is 4.88. The van der Waals surface area contributed by atoms with E-state index in [2.05, 4.69) is 34.5 Å². The molecule has 1 fully saturated rings. The minimum atomic E-state index is 0.784. The van der Waals surface area contributed by atoms with Gasteiger partial charge in [0.05, 0.1) is 0 Å². The smallest absolute Gasteiger partial charge is 0.0236 e. The van der Waals surface area contributed by atoms with Gasteiger partial charge in [0.1, 0.15) is 0 Å². The second-order valence-corrected chi connectivity index (χ2v) is 5.38. The molecule has 0 aliphatic carbocycles. The molecule has 0 amide bonds. The van der Waals surface area contributed by atoms with E-state index in [1.807, 2.05) is 0 Å². The van der Waals surface area contributed by atoms with E-state index in [9.17, 15) is 0 Å². The van der Waals surface area contributed by atoms with Crippen molar-refractivity contribution in [1.82, 2.24) is 10.2 Å². The van der Waals surface area contributed by atoms with E-state index in [-0.39, 0.29) is 0 Å². The number of hydrogen-bond donors (Lipinski definition) is 1. The molecule has 3 rings (SSSR count). The molecular formula is C15H22N2. The van der Waals surface area contributed by atoms with Crippen molar-refractivity contribution in [3.63, 3.8) is 0 Å². The van der Waals surface area contributed by atoms with Gasteiger partial charge < -0.3 is 5.32 Å². The van der Waals surface area contributed by atoms with Crippen LogP contribution in [0, 0.1) is 0 Å². The average molecular weight is 230 g/mol. The van der Waals surface area contributed by atoms with Gasteiger partial charge in [0.2, 0.25) is 0 Å². The fraction of sp³-hybridized carbons (Fsp3) is 0.600. The first kappa shape index (κ1) is 11.2. The molecule has 2 aliphatic heterocycles. The number of rotatable bonds is 3. The van der Waals surface area contributed by atoms with Gasteiger partial charge in [0, 0.05) is 19.1 Å². The zero-order chi connectivity index (χ0) is 11.5. The maximum atomic E-state index is 3.59. The second kappa shape index (κ2) is 5.19. The molecule has 0 saturated carbocycles. The van der Waals surface area contributed by atoms with Crippen molar-refractivity contribution in [2.24, 2.45) is 0 Å². The molecule has 17 heavy (non-hydrogen) atoms. The zero-order valence-corrected chi connectivity index (χ0v) is 10.5. The van der Waals surface area contributed by atoms with Crippen molar-refractivity contribution < 1.29 is 0 Å². The Labute approximate surface area is 104 Å². The summed E-state index contributed by atoms with van der Waals surface area (Å²) in [7, 11) is 0. The number of fused-ring (bicyclic) bond motifs is 1. The van der Waals surface area contributed by atoms with Crippen LogP contribution in [-0.2, 0) is 13.0 Å². The molecule has 1 unspecified atom stereocenters. The molecule has 1 saturated heterocycles. The summed E-state index contributed by atoms with van der Waals surface area (Å²) in [6.07, 6.45) is 5.30. The summed E-state index contributed by atoms with van der Waals surface area (Å²) >= 11 is 0. The van der Waals surface area contributed by atoms with Crippen LogP contribution in [0.25, 0.3) is 0 Å². The van der Waals surface area contributed by atoms with Gasteiger partial charge in [-0.05, 0) is 49.9 Å². The van der Waals surface area contributed by atoms with Crippen LogP contribution in [0.3, 0.4) is 0 Å². The summed E-state index contributed by atoms with van der Waals surface area (Å²) in [5.74, 6) is 0. The van der Waals surface area contributed by atoms with Crippen molar-refractivity contribution in [3.8, 4) is 0 Å². The third-order valence-corrected chi connectivity index (χ3v) is 4.17. The molecule has 2 heterocycles. The van der Waals surface area contributed by atoms with E-state index in [1.165, 1.54) is 50.9 Å². The highest BCUT2D eigenvalue weighted by atomic mass is 15.1. The molecule has 1 N–H and O–H groups in total. The van der Waals surface area contributed by atoms with Gasteiger partial charge in [-0.2, -0.15) is 0 Å². The molecule has 2 nitrogen and oxygen atoms in total. The van der Waals surface area contributed by atoms with Gasteiger partial charge in [-0.25, -0.2) is 0 Å². The Morgan fingerprint density at radius 2 is 2.12 bits per heavy atom. The van der Waals surface area contributed by atoms with Crippen LogP contribution in [0.2, 0.25) is 0 Å². The summed E-state index contributed by atoms with van der Waals surface area (Å²) in [5.41, 5.74) is 3.10. The maximum Gasteiger partial charge on any atom is 0.0236 e. The van der Waals surface area contributed by atoms with Gasteiger partial charge in [-0.3, -0.25) is 4.90 Å². The summed E-state index contributed by atoms with van der Waals surface area (Å²) in [5, 5.41) is 3.59. The predicted molar refractivity (Wildman–Crippen MR) is 71.1 cm³/mol. The van der Waals surface area contributed by atoms with Crippen LogP contribution in [0.1, 0.15) is 30.4 Å². The molecule has 1 aromatic rings. The van der Waals surface area contributed by atoms with Crippen molar-refractivity contribution in [1.29, 1.82) is 0 Å². The Morgan fingerprint density at radius 3 is 2.94 bits per heavy atom. The van der Waals surface area contributed by atoms with Gasteiger partial charge in [-0.15, -0.1) is 0 Å². The quantitative estimate of drug-likeness (QED) is 0.856. The highest BCUT2D eigenvalue weighted by Crippen LogP contribution is 2.19. The molecule has 0 bridgehead atoms. The maximum absolute atomic E-state index is 3.59. The average Bonchev–Trinajstić information content (AvgIpc) is 2.89. The Balaban J connectivity index is 1.53. The minimum absolute atomic E-state index is 0.784. The molecule has 0 aromatic heterocycles. The third-order valence-electron chi connectivity index (χ3n) is 4.17. The van der Waals surface area contributed by atoms with E-state index >= 15 is 0 Å². The van der Waals surface area contributed by atoms with Gasteiger partial charge in [-0.1, -0.05) is 24.3 Å². The lowest BCUT2D eigenvalue weighted by atomic mass is 9.99. The Kier molecular flexibility index (Phi) is 3.44. The third kappa shape index (κ3) is 2.70. The van der Waals surface area contributed by atoms with E-state index in [1.54, 1.807) is 5.56 Å². The van der Waals surface area contributed by atoms with Gasteiger partial charge in [0.15, 0.2) is 0 Å². The lowest BCUT2D eigenvalue weighted by Crippen LogP contribution is -2.34. The molecule has 0 radical (unpaired) electrons. The highest BCUT2D eigenvalue weighted by Gasteiger charge is 2.18.